The Hall–Kier alpha value is -2.14. The van der Waals surface area contributed by atoms with E-state index in [0.29, 0.717) is 13.1 Å². The van der Waals surface area contributed by atoms with Crippen LogP contribution >= 0.6 is 0 Å². The van der Waals surface area contributed by atoms with Crippen molar-refractivity contribution in [2.45, 2.75) is 19.9 Å². The molecule has 2 fully saturated rings. The Morgan fingerprint density at radius 2 is 1.69 bits per heavy atom. The third-order valence-corrected chi connectivity index (χ3v) is 6.37. The number of quaternary nitrogens is 1. The number of hydrogen-bond donors (Lipinski definition) is 1. The molecule has 1 saturated carbocycles. The van der Waals surface area contributed by atoms with E-state index in [9.17, 15) is 14.7 Å². The minimum atomic E-state index is -1.07. The van der Waals surface area contributed by atoms with E-state index in [1.54, 1.807) is 0 Å². The predicted octanol–water partition coefficient (Wildman–Crippen LogP) is -0.590. The van der Waals surface area contributed by atoms with Crippen molar-refractivity contribution in [3.05, 3.63) is 47.5 Å². The van der Waals surface area contributed by atoms with Crippen molar-refractivity contribution in [1.29, 1.82) is 0 Å². The van der Waals surface area contributed by atoms with Gasteiger partial charge in [0, 0.05) is 17.5 Å². The average Bonchev–Trinajstić information content (AvgIpc) is 3.25. The zero-order chi connectivity index (χ0) is 18.3. The molecule has 0 spiro atoms. The van der Waals surface area contributed by atoms with Crippen LogP contribution in [0.3, 0.4) is 0 Å². The molecule has 138 valence electrons. The first-order valence-electron chi connectivity index (χ1n) is 9.60. The average molecular weight is 354 g/mol. The lowest BCUT2D eigenvalue weighted by Crippen LogP contribution is -3.13. The fraction of sp³-hybridized carbons (Fsp3) is 0.524. The lowest BCUT2D eigenvalue weighted by atomic mass is 9.82. The van der Waals surface area contributed by atoms with Gasteiger partial charge in [-0.05, 0) is 25.2 Å². The van der Waals surface area contributed by atoms with Gasteiger partial charge in [-0.1, -0.05) is 42.0 Å². The zero-order valence-electron chi connectivity index (χ0n) is 15.2. The summed E-state index contributed by atoms with van der Waals surface area (Å²) in [6.07, 6.45) is 4.78. The molecule has 1 amide bonds. The van der Waals surface area contributed by atoms with Gasteiger partial charge in [-0.25, -0.2) is 0 Å². The number of benzene rings is 1. The van der Waals surface area contributed by atoms with Crippen molar-refractivity contribution in [3.63, 3.8) is 0 Å². The number of nitrogens with one attached hydrogen (secondary N) is 1. The number of amides is 1. The molecule has 1 aliphatic heterocycles. The smallest absolute Gasteiger partial charge is 0.227 e. The number of allylic oxidation sites excluding steroid dienone is 2. The Kier molecular flexibility index (Phi) is 4.57. The Morgan fingerprint density at radius 1 is 1.08 bits per heavy atom. The van der Waals surface area contributed by atoms with Crippen LogP contribution in [0.5, 0.6) is 0 Å². The van der Waals surface area contributed by atoms with Crippen LogP contribution < -0.4 is 10.0 Å². The third-order valence-electron chi connectivity index (χ3n) is 6.37. The number of aryl methyl sites for hydroxylation is 1. The van der Waals surface area contributed by atoms with Crippen molar-refractivity contribution in [3.8, 4) is 0 Å². The highest BCUT2D eigenvalue weighted by Crippen LogP contribution is 2.48. The number of carboxylic acids is 1. The second-order valence-corrected chi connectivity index (χ2v) is 8.06. The molecule has 0 unspecified atom stereocenters. The highest BCUT2D eigenvalue weighted by atomic mass is 16.4. The quantitative estimate of drug-likeness (QED) is 0.735. The largest absolute Gasteiger partial charge is 0.550 e. The van der Waals surface area contributed by atoms with Crippen LogP contribution in [0.1, 0.15) is 17.5 Å². The molecule has 2 bridgehead atoms. The van der Waals surface area contributed by atoms with Crippen molar-refractivity contribution in [2.24, 2.45) is 23.7 Å². The van der Waals surface area contributed by atoms with E-state index in [4.69, 9.17) is 0 Å². The molecule has 1 aromatic rings. The van der Waals surface area contributed by atoms with Crippen molar-refractivity contribution >= 4 is 11.9 Å². The number of carbonyl (C=O) groups excluding carboxylic acids is 2. The number of hydrogen-bond acceptors (Lipinski definition) is 3. The molecule has 1 aromatic carbocycles. The van der Waals surface area contributed by atoms with Gasteiger partial charge in [-0.15, -0.1) is 0 Å². The number of carboxylic acid groups (broad SMARTS) is 1. The van der Waals surface area contributed by atoms with E-state index >= 15 is 0 Å². The van der Waals surface area contributed by atoms with Crippen LogP contribution in [0.25, 0.3) is 0 Å². The number of aliphatic carboxylic acids is 1. The fourth-order valence-electron chi connectivity index (χ4n) is 4.91. The van der Waals surface area contributed by atoms with E-state index in [-0.39, 0.29) is 17.7 Å². The molecule has 2 aliphatic carbocycles. The lowest BCUT2D eigenvalue weighted by Gasteiger charge is -2.37. The second-order valence-electron chi connectivity index (χ2n) is 8.06. The van der Waals surface area contributed by atoms with Gasteiger partial charge < -0.3 is 19.7 Å². The van der Waals surface area contributed by atoms with Crippen molar-refractivity contribution < 1.29 is 19.6 Å². The first-order chi connectivity index (χ1) is 12.5. The van der Waals surface area contributed by atoms with Crippen LogP contribution in [0.15, 0.2) is 36.4 Å². The maximum Gasteiger partial charge on any atom is 0.227 e. The van der Waals surface area contributed by atoms with Crippen LogP contribution in [-0.4, -0.2) is 43.0 Å². The summed E-state index contributed by atoms with van der Waals surface area (Å²) in [7, 11) is 0. The topological polar surface area (TPSA) is 64.9 Å². The van der Waals surface area contributed by atoms with Gasteiger partial charge in [-0.2, -0.15) is 0 Å². The lowest BCUT2D eigenvalue weighted by molar-refractivity contribution is -0.917. The van der Waals surface area contributed by atoms with Crippen LogP contribution in [0, 0.1) is 30.6 Å². The number of fused-ring (bicyclic) bond motifs is 2. The van der Waals surface area contributed by atoms with E-state index in [1.165, 1.54) is 16.0 Å². The number of carbonyl (C=O) groups is 2. The first-order valence-corrected chi connectivity index (χ1v) is 9.60. The summed E-state index contributed by atoms with van der Waals surface area (Å²) in [6, 6.07) is 8.62. The molecule has 1 N–H and O–H groups in total. The summed E-state index contributed by atoms with van der Waals surface area (Å²) in [4.78, 5) is 27.9. The SMILES string of the molecule is Cc1ccc(C[NH+]2CCN(C(=O)[C@@H]3[C@@H](C(=O)[O-])[C@H]4C=C[C@@H]3C4)CC2)cc1. The monoisotopic (exact) mass is 354 g/mol. The minimum Gasteiger partial charge on any atom is -0.550 e. The van der Waals surface area contributed by atoms with Crippen LogP contribution in [-0.2, 0) is 16.1 Å². The van der Waals surface area contributed by atoms with Gasteiger partial charge in [0.1, 0.15) is 6.54 Å². The highest BCUT2D eigenvalue weighted by molar-refractivity contribution is 5.86. The molecule has 1 heterocycles. The zero-order valence-corrected chi connectivity index (χ0v) is 15.2. The Morgan fingerprint density at radius 3 is 2.31 bits per heavy atom. The Balaban J connectivity index is 1.36. The number of nitrogens with zero attached hydrogens (tertiary/aromatic N) is 1. The summed E-state index contributed by atoms with van der Waals surface area (Å²) in [5, 5.41) is 11.5. The van der Waals surface area contributed by atoms with Crippen molar-refractivity contribution in [2.75, 3.05) is 26.2 Å². The molecule has 0 radical (unpaired) electrons. The fourth-order valence-corrected chi connectivity index (χ4v) is 4.91. The minimum absolute atomic E-state index is 0.0189. The number of piperazine rings is 1. The van der Waals surface area contributed by atoms with Gasteiger partial charge in [-0.3, -0.25) is 4.79 Å². The molecule has 1 saturated heterocycles. The molecule has 5 heteroatoms. The predicted molar refractivity (Wildman–Crippen MR) is 94.9 cm³/mol. The Bertz CT molecular complexity index is 719. The normalized spacial score (nSPS) is 30.7. The molecular weight excluding hydrogens is 328 g/mol. The van der Waals surface area contributed by atoms with Gasteiger partial charge in [0.15, 0.2) is 0 Å². The summed E-state index contributed by atoms with van der Waals surface area (Å²) < 4.78 is 0. The molecule has 3 aliphatic rings. The summed E-state index contributed by atoms with van der Waals surface area (Å²) >= 11 is 0. The highest BCUT2D eigenvalue weighted by Gasteiger charge is 2.50. The van der Waals surface area contributed by atoms with Crippen LogP contribution in [0.4, 0.5) is 0 Å². The molecular formula is C21H26N2O3. The second kappa shape index (κ2) is 6.88. The molecule has 5 nitrogen and oxygen atoms in total. The molecule has 26 heavy (non-hydrogen) atoms. The van der Waals surface area contributed by atoms with Gasteiger partial charge in [0.25, 0.3) is 0 Å². The van der Waals surface area contributed by atoms with E-state index in [2.05, 4.69) is 31.2 Å². The van der Waals surface area contributed by atoms with Crippen LogP contribution in [0.2, 0.25) is 0 Å². The first kappa shape index (κ1) is 17.3. The standard InChI is InChI=1S/C21H26N2O3/c1-14-2-4-15(5-3-14)13-22-8-10-23(11-9-22)20(24)18-16-6-7-17(12-16)19(18)21(25)26/h2-7,16-19H,8-13H2,1H3,(H,25,26)/t16-,17+,18+,19+/m1/s1. The Labute approximate surface area is 154 Å². The van der Waals surface area contributed by atoms with E-state index in [1.807, 2.05) is 17.1 Å². The van der Waals surface area contributed by atoms with Gasteiger partial charge >= 0.3 is 0 Å². The molecule has 4 atom stereocenters. The molecule has 0 aromatic heterocycles. The van der Waals surface area contributed by atoms with E-state index < -0.39 is 17.8 Å². The maximum atomic E-state index is 13.0. The van der Waals surface area contributed by atoms with Gasteiger partial charge in [0.2, 0.25) is 5.91 Å². The third kappa shape index (κ3) is 3.16. The molecule has 4 rings (SSSR count). The van der Waals surface area contributed by atoms with Crippen molar-refractivity contribution in [1.82, 2.24) is 4.90 Å². The summed E-state index contributed by atoms with van der Waals surface area (Å²) in [5.41, 5.74) is 2.59. The van der Waals surface area contributed by atoms with E-state index in [0.717, 1.165) is 26.1 Å². The number of rotatable bonds is 4. The maximum absolute atomic E-state index is 13.0. The van der Waals surface area contributed by atoms with Gasteiger partial charge in [0.05, 0.1) is 32.1 Å². The summed E-state index contributed by atoms with van der Waals surface area (Å²) in [6.45, 7) is 6.29. The summed E-state index contributed by atoms with van der Waals surface area (Å²) in [5.74, 6) is -2.06.